The van der Waals surface area contributed by atoms with E-state index in [0.29, 0.717) is 13.2 Å². The molecule has 3 rings (SSSR count). The topological polar surface area (TPSA) is 64.2 Å². The van der Waals surface area contributed by atoms with Gasteiger partial charge in [-0.15, -0.1) is 0 Å². The van der Waals surface area contributed by atoms with Crippen LogP contribution in [0.25, 0.3) is 0 Å². The first kappa shape index (κ1) is 10.8. The quantitative estimate of drug-likeness (QED) is 0.783. The fourth-order valence-electron chi connectivity index (χ4n) is 2.56. The summed E-state index contributed by atoms with van der Waals surface area (Å²) in [5, 5.41) is 6.96. The second-order valence-corrected chi connectivity index (χ2v) is 4.67. The molecule has 1 aromatic heterocycles. The van der Waals surface area contributed by atoms with Crippen molar-refractivity contribution in [3.63, 3.8) is 0 Å². The number of aromatic amines is 1. The molecular weight excluding hydrogens is 220 g/mol. The zero-order chi connectivity index (χ0) is 11.7. The molecule has 0 spiro atoms. The number of hydrogen-bond acceptors (Lipinski definition) is 4. The van der Waals surface area contributed by atoms with Crippen LogP contribution in [0.1, 0.15) is 36.4 Å². The minimum Gasteiger partial charge on any atom is -0.459 e. The molecule has 0 aromatic carbocycles. The molecule has 1 aromatic rings. The maximum absolute atomic E-state index is 12.1. The molecular formula is C12H16N2O3. The highest BCUT2D eigenvalue weighted by Crippen LogP contribution is 2.31. The molecule has 1 fully saturated rings. The fourth-order valence-corrected chi connectivity index (χ4v) is 2.56. The van der Waals surface area contributed by atoms with Gasteiger partial charge in [-0.25, -0.2) is 0 Å². The lowest BCUT2D eigenvalue weighted by Gasteiger charge is -2.21. The average molecular weight is 236 g/mol. The van der Waals surface area contributed by atoms with E-state index >= 15 is 0 Å². The van der Waals surface area contributed by atoms with Crippen molar-refractivity contribution in [2.75, 3.05) is 13.2 Å². The number of aromatic nitrogens is 2. The first-order chi connectivity index (χ1) is 8.34. The SMILES string of the molecule is O=C(OC1CCOC1)C1CCCc2[nH]ncc21. The van der Waals surface area contributed by atoms with Gasteiger partial charge in [-0.3, -0.25) is 9.89 Å². The highest BCUT2D eigenvalue weighted by Gasteiger charge is 2.31. The molecule has 2 atom stereocenters. The van der Waals surface area contributed by atoms with Crippen LogP contribution in [0, 0.1) is 0 Å². The second-order valence-electron chi connectivity index (χ2n) is 4.67. The molecule has 17 heavy (non-hydrogen) atoms. The molecule has 1 saturated heterocycles. The van der Waals surface area contributed by atoms with Gasteiger partial charge >= 0.3 is 5.97 Å². The molecule has 2 heterocycles. The lowest BCUT2D eigenvalue weighted by molar-refractivity contribution is -0.151. The van der Waals surface area contributed by atoms with Gasteiger partial charge in [0.1, 0.15) is 6.10 Å². The van der Waals surface area contributed by atoms with E-state index in [4.69, 9.17) is 9.47 Å². The Hall–Kier alpha value is -1.36. The van der Waals surface area contributed by atoms with Crippen LogP contribution in [0.3, 0.4) is 0 Å². The number of H-pyrrole nitrogens is 1. The minimum atomic E-state index is -0.141. The van der Waals surface area contributed by atoms with Crippen molar-refractivity contribution < 1.29 is 14.3 Å². The first-order valence-corrected chi connectivity index (χ1v) is 6.15. The normalized spacial score (nSPS) is 27.8. The zero-order valence-corrected chi connectivity index (χ0v) is 9.65. The van der Waals surface area contributed by atoms with E-state index in [1.54, 1.807) is 6.20 Å². The van der Waals surface area contributed by atoms with Crippen LogP contribution >= 0.6 is 0 Å². The minimum absolute atomic E-state index is 0.0558. The molecule has 1 N–H and O–H groups in total. The van der Waals surface area contributed by atoms with Gasteiger partial charge in [0.25, 0.3) is 0 Å². The lowest BCUT2D eigenvalue weighted by Crippen LogP contribution is -2.25. The van der Waals surface area contributed by atoms with Crippen LogP contribution in [0.4, 0.5) is 0 Å². The van der Waals surface area contributed by atoms with Gasteiger partial charge in [-0.05, 0) is 19.3 Å². The number of aryl methyl sites for hydroxylation is 1. The average Bonchev–Trinajstić information content (AvgIpc) is 2.97. The number of esters is 1. The van der Waals surface area contributed by atoms with Crippen molar-refractivity contribution in [3.05, 3.63) is 17.5 Å². The van der Waals surface area contributed by atoms with Crippen LogP contribution in [0.5, 0.6) is 0 Å². The highest BCUT2D eigenvalue weighted by molar-refractivity contribution is 5.79. The summed E-state index contributed by atoms with van der Waals surface area (Å²) < 4.78 is 10.7. The first-order valence-electron chi connectivity index (χ1n) is 6.15. The number of rotatable bonds is 2. The van der Waals surface area contributed by atoms with Crippen molar-refractivity contribution in [3.8, 4) is 0 Å². The molecule has 0 radical (unpaired) electrons. The van der Waals surface area contributed by atoms with Crippen LogP contribution < -0.4 is 0 Å². The number of fused-ring (bicyclic) bond motifs is 1. The summed E-state index contributed by atoms with van der Waals surface area (Å²) in [5.41, 5.74) is 2.10. The zero-order valence-electron chi connectivity index (χ0n) is 9.65. The van der Waals surface area contributed by atoms with Crippen molar-refractivity contribution >= 4 is 5.97 Å². The highest BCUT2D eigenvalue weighted by atomic mass is 16.6. The summed E-state index contributed by atoms with van der Waals surface area (Å²) >= 11 is 0. The van der Waals surface area contributed by atoms with Crippen LogP contribution in [-0.2, 0) is 20.7 Å². The van der Waals surface area contributed by atoms with Crippen LogP contribution in [-0.4, -0.2) is 35.5 Å². The number of hydrogen-bond donors (Lipinski definition) is 1. The summed E-state index contributed by atoms with van der Waals surface area (Å²) in [6.07, 6.45) is 5.36. The third kappa shape index (κ3) is 2.07. The Bertz CT molecular complexity index is 410. The Morgan fingerprint density at radius 3 is 3.29 bits per heavy atom. The largest absolute Gasteiger partial charge is 0.459 e. The third-order valence-electron chi connectivity index (χ3n) is 3.50. The van der Waals surface area contributed by atoms with Gasteiger partial charge in [0, 0.05) is 17.7 Å². The Kier molecular flexibility index (Phi) is 2.84. The summed E-state index contributed by atoms with van der Waals surface area (Å²) in [4.78, 5) is 12.1. The number of nitrogens with one attached hydrogen (secondary N) is 1. The van der Waals surface area contributed by atoms with E-state index in [0.717, 1.165) is 36.9 Å². The molecule has 2 aliphatic rings. The van der Waals surface area contributed by atoms with Gasteiger partial charge in [0.05, 0.1) is 25.3 Å². The Labute approximate surface area is 99.5 Å². The van der Waals surface area contributed by atoms with E-state index < -0.39 is 0 Å². The van der Waals surface area contributed by atoms with Crippen LogP contribution in [0.2, 0.25) is 0 Å². The Balaban J connectivity index is 1.70. The van der Waals surface area contributed by atoms with E-state index in [2.05, 4.69) is 10.2 Å². The van der Waals surface area contributed by atoms with Crippen LogP contribution in [0.15, 0.2) is 6.20 Å². The molecule has 0 bridgehead atoms. The number of ether oxygens (including phenoxy) is 2. The van der Waals surface area contributed by atoms with Crippen molar-refractivity contribution in [1.82, 2.24) is 10.2 Å². The Morgan fingerprint density at radius 1 is 1.53 bits per heavy atom. The predicted octanol–water partition coefficient (Wildman–Crippen LogP) is 1.16. The predicted molar refractivity (Wildman–Crippen MR) is 59.6 cm³/mol. The lowest BCUT2D eigenvalue weighted by atomic mass is 9.87. The van der Waals surface area contributed by atoms with Crippen molar-refractivity contribution in [2.24, 2.45) is 0 Å². The molecule has 92 valence electrons. The summed E-state index contributed by atoms with van der Waals surface area (Å²) in [6.45, 7) is 1.23. The second kappa shape index (κ2) is 4.49. The fraction of sp³-hybridized carbons (Fsp3) is 0.667. The monoisotopic (exact) mass is 236 g/mol. The summed E-state index contributed by atoms with van der Waals surface area (Å²) in [7, 11) is 0. The van der Waals surface area contributed by atoms with E-state index in [1.807, 2.05) is 0 Å². The standard InChI is InChI=1S/C12H16N2O3/c15-12(17-8-4-5-16-7-8)9-2-1-3-11-10(9)6-13-14-11/h6,8-9H,1-5,7H2,(H,13,14). The van der Waals surface area contributed by atoms with Crippen molar-refractivity contribution in [1.29, 1.82) is 0 Å². The number of carbonyl (C=O) groups excluding carboxylic acids is 1. The van der Waals surface area contributed by atoms with E-state index in [9.17, 15) is 4.79 Å². The molecule has 5 heteroatoms. The van der Waals surface area contributed by atoms with Gasteiger partial charge in [-0.2, -0.15) is 5.10 Å². The summed E-state index contributed by atoms with van der Waals surface area (Å²) in [5.74, 6) is -0.263. The van der Waals surface area contributed by atoms with Gasteiger partial charge in [-0.1, -0.05) is 0 Å². The number of carbonyl (C=O) groups is 1. The van der Waals surface area contributed by atoms with E-state index in [1.165, 1.54) is 0 Å². The maximum atomic E-state index is 12.1. The molecule has 5 nitrogen and oxygen atoms in total. The van der Waals surface area contributed by atoms with Crippen molar-refractivity contribution in [2.45, 2.75) is 37.7 Å². The maximum Gasteiger partial charge on any atom is 0.313 e. The number of nitrogens with zero attached hydrogens (tertiary/aromatic N) is 1. The molecule has 0 saturated carbocycles. The van der Waals surface area contributed by atoms with Gasteiger partial charge in [0.2, 0.25) is 0 Å². The molecule has 2 unspecified atom stereocenters. The molecule has 1 aliphatic heterocycles. The summed E-state index contributed by atoms with van der Waals surface area (Å²) in [6, 6.07) is 0. The van der Waals surface area contributed by atoms with Gasteiger partial charge in [0.15, 0.2) is 0 Å². The van der Waals surface area contributed by atoms with Gasteiger partial charge < -0.3 is 9.47 Å². The molecule has 0 amide bonds. The third-order valence-corrected chi connectivity index (χ3v) is 3.50. The smallest absolute Gasteiger partial charge is 0.313 e. The van der Waals surface area contributed by atoms with E-state index in [-0.39, 0.29) is 18.0 Å². The Morgan fingerprint density at radius 2 is 2.47 bits per heavy atom. The molecule has 1 aliphatic carbocycles.